The van der Waals surface area contributed by atoms with Crippen LogP contribution in [-0.2, 0) is 14.8 Å². The Kier molecular flexibility index (Phi) is 6.78. The van der Waals surface area contributed by atoms with Crippen LogP contribution < -0.4 is 5.32 Å². The van der Waals surface area contributed by atoms with Crippen LogP contribution in [0.25, 0.3) is 5.57 Å². The second kappa shape index (κ2) is 8.70. The molecule has 152 valence electrons. The Balaban J connectivity index is 2.33. The predicted molar refractivity (Wildman–Crippen MR) is 102 cm³/mol. The lowest BCUT2D eigenvalue weighted by atomic mass is 10.1. The number of hydrogen-bond donors (Lipinski definition) is 1. The van der Waals surface area contributed by atoms with Gasteiger partial charge in [0, 0.05) is 50.8 Å². The van der Waals surface area contributed by atoms with Gasteiger partial charge in [-0.05, 0) is 31.4 Å². The largest absolute Gasteiger partial charge is 0.311 e. The van der Waals surface area contributed by atoms with Crippen molar-refractivity contribution in [1.29, 1.82) is 0 Å². The summed E-state index contributed by atoms with van der Waals surface area (Å²) in [5, 5.41) is 2.50. The third kappa shape index (κ3) is 5.29. The van der Waals surface area contributed by atoms with Gasteiger partial charge in [-0.1, -0.05) is 6.08 Å². The van der Waals surface area contributed by atoms with Crippen LogP contribution in [0.15, 0.2) is 46.3 Å². The zero-order valence-electron chi connectivity index (χ0n) is 15.7. The van der Waals surface area contributed by atoms with Gasteiger partial charge >= 0.3 is 0 Å². The number of sulfonamides is 1. The lowest BCUT2D eigenvalue weighted by molar-refractivity contribution is -0.118. The van der Waals surface area contributed by atoms with Crippen molar-refractivity contribution in [2.45, 2.75) is 37.5 Å². The molecule has 0 aromatic carbocycles. The van der Waals surface area contributed by atoms with Crippen molar-refractivity contribution in [3.8, 4) is 0 Å². The number of carbonyl (C=O) groups excluding carboxylic acids is 1. The van der Waals surface area contributed by atoms with Crippen molar-refractivity contribution in [2.75, 3.05) is 13.1 Å². The van der Waals surface area contributed by atoms with Crippen molar-refractivity contribution >= 4 is 28.2 Å². The Morgan fingerprint density at radius 2 is 2.00 bits per heavy atom. The molecule has 1 N–H and O–H groups in total. The van der Waals surface area contributed by atoms with Crippen LogP contribution in [0.3, 0.4) is 0 Å². The first-order chi connectivity index (χ1) is 13.1. The van der Waals surface area contributed by atoms with Gasteiger partial charge in [-0.3, -0.25) is 9.78 Å². The minimum atomic E-state index is -3.95. The SMILES string of the molecule is C=N/C(=C\C(=C/C)c1cncc(S(=O)(=O)N2CCC(F)(F)CC2)c1)NC(C)=O. The van der Waals surface area contributed by atoms with E-state index in [0.29, 0.717) is 11.1 Å². The molecular formula is C18H22F2N4O3S. The predicted octanol–water partition coefficient (Wildman–Crippen LogP) is 2.58. The van der Waals surface area contributed by atoms with E-state index in [-0.39, 0.29) is 29.7 Å². The van der Waals surface area contributed by atoms with E-state index in [9.17, 15) is 22.0 Å². The molecule has 0 spiro atoms. The molecule has 28 heavy (non-hydrogen) atoms. The van der Waals surface area contributed by atoms with Gasteiger partial charge in [-0.15, -0.1) is 0 Å². The molecule has 1 amide bonds. The molecule has 10 heteroatoms. The smallest absolute Gasteiger partial charge is 0.250 e. The zero-order valence-corrected chi connectivity index (χ0v) is 16.5. The molecule has 7 nitrogen and oxygen atoms in total. The highest BCUT2D eigenvalue weighted by Crippen LogP contribution is 2.31. The van der Waals surface area contributed by atoms with E-state index in [2.05, 4.69) is 22.0 Å². The van der Waals surface area contributed by atoms with Gasteiger partial charge in [0.05, 0.1) is 0 Å². The Labute approximate surface area is 162 Å². The standard InChI is InChI=1S/C18H22F2N4O3S/c1-4-14(10-17(21-3)23-13(2)25)15-9-16(12-22-11-15)28(26,27)24-7-5-18(19,20)6-8-24/h4,9-12H,3,5-8H2,1-2H3,(H,23,25)/b14-4+,17-10+. The van der Waals surface area contributed by atoms with Crippen molar-refractivity contribution in [3.63, 3.8) is 0 Å². The fourth-order valence-electron chi connectivity index (χ4n) is 2.70. The number of aromatic nitrogens is 1. The minimum absolute atomic E-state index is 0.0874. The quantitative estimate of drug-likeness (QED) is 0.574. The summed E-state index contributed by atoms with van der Waals surface area (Å²) in [4.78, 5) is 18.8. The third-order valence-electron chi connectivity index (χ3n) is 4.22. The van der Waals surface area contributed by atoms with Crippen molar-refractivity contribution < 1.29 is 22.0 Å². The Morgan fingerprint density at radius 3 is 2.54 bits per heavy atom. The van der Waals surface area contributed by atoms with Crippen LogP contribution in [0.1, 0.15) is 32.3 Å². The van der Waals surface area contributed by atoms with Crippen LogP contribution in [-0.4, -0.2) is 49.3 Å². The number of allylic oxidation sites excluding steroid dienone is 3. The molecule has 0 aliphatic carbocycles. The van der Waals surface area contributed by atoms with Crippen molar-refractivity contribution in [3.05, 3.63) is 42.0 Å². The van der Waals surface area contributed by atoms with Crippen LogP contribution in [0.2, 0.25) is 0 Å². The first-order valence-corrected chi connectivity index (χ1v) is 9.99. The van der Waals surface area contributed by atoms with E-state index in [4.69, 9.17) is 0 Å². The van der Waals surface area contributed by atoms with Gasteiger partial charge in [0.15, 0.2) is 0 Å². The van der Waals surface area contributed by atoms with E-state index in [0.717, 1.165) is 4.31 Å². The average molecular weight is 412 g/mol. The summed E-state index contributed by atoms with van der Waals surface area (Å²) >= 11 is 0. The highest BCUT2D eigenvalue weighted by molar-refractivity contribution is 7.89. The van der Waals surface area contributed by atoms with Gasteiger partial charge in [0.1, 0.15) is 10.7 Å². The Hall–Kier alpha value is -2.46. The van der Waals surface area contributed by atoms with Crippen LogP contribution in [0, 0.1) is 0 Å². The highest BCUT2D eigenvalue weighted by Gasteiger charge is 2.38. The number of rotatable bonds is 6. The molecule has 0 saturated carbocycles. The first kappa shape index (κ1) is 21.8. The number of alkyl halides is 2. The summed E-state index contributed by atoms with van der Waals surface area (Å²) in [6.45, 7) is 5.95. The monoisotopic (exact) mass is 412 g/mol. The molecule has 1 aliphatic heterocycles. The molecule has 1 saturated heterocycles. The zero-order chi connectivity index (χ0) is 20.9. The molecule has 0 unspecified atom stereocenters. The molecular weight excluding hydrogens is 390 g/mol. The number of piperidine rings is 1. The van der Waals surface area contributed by atoms with Gasteiger partial charge < -0.3 is 5.32 Å². The van der Waals surface area contributed by atoms with Gasteiger partial charge in [0.25, 0.3) is 5.92 Å². The topological polar surface area (TPSA) is 91.7 Å². The van der Waals surface area contributed by atoms with E-state index in [1.54, 1.807) is 13.0 Å². The summed E-state index contributed by atoms with van der Waals surface area (Å²) in [7, 11) is -3.95. The van der Waals surface area contributed by atoms with Crippen molar-refractivity contribution in [2.24, 2.45) is 4.99 Å². The van der Waals surface area contributed by atoms with E-state index < -0.39 is 28.8 Å². The highest BCUT2D eigenvalue weighted by atomic mass is 32.2. The number of halogens is 2. The van der Waals surface area contributed by atoms with E-state index in [1.807, 2.05) is 0 Å². The maximum absolute atomic E-state index is 13.3. The number of nitrogens with one attached hydrogen (secondary N) is 1. The summed E-state index contributed by atoms with van der Waals surface area (Å²) in [5.74, 6) is -2.97. The maximum atomic E-state index is 13.3. The molecule has 2 heterocycles. The number of amides is 1. The summed E-state index contributed by atoms with van der Waals surface area (Å²) in [5.41, 5.74) is 1.03. The summed E-state index contributed by atoms with van der Waals surface area (Å²) in [6.07, 6.45) is 4.86. The average Bonchev–Trinajstić information content (AvgIpc) is 2.64. The lowest BCUT2D eigenvalue weighted by Gasteiger charge is -2.30. The molecule has 1 aromatic heterocycles. The molecule has 0 atom stereocenters. The van der Waals surface area contributed by atoms with Crippen LogP contribution >= 0.6 is 0 Å². The van der Waals surface area contributed by atoms with Gasteiger partial charge in [-0.2, -0.15) is 4.31 Å². The minimum Gasteiger partial charge on any atom is -0.311 e. The summed E-state index contributed by atoms with van der Waals surface area (Å²) in [6, 6.07) is 1.41. The molecule has 0 bridgehead atoms. The number of nitrogens with zero attached hydrogens (tertiary/aromatic N) is 3. The summed E-state index contributed by atoms with van der Waals surface area (Å²) < 4.78 is 53.3. The maximum Gasteiger partial charge on any atom is 0.250 e. The Bertz CT molecular complexity index is 917. The number of carbonyl (C=O) groups is 1. The number of pyridine rings is 1. The number of hydrogen-bond acceptors (Lipinski definition) is 5. The number of aliphatic imine (C=N–C) groups is 1. The normalized spacial score (nSPS) is 18.6. The van der Waals surface area contributed by atoms with Crippen molar-refractivity contribution in [1.82, 2.24) is 14.6 Å². The van der Waals surface area contributed by atoms with Crippen LogP contribution in [0.5, 0.6) is 0 Å². The lowest BCUT2D eigenvalue weighted by Crippen LogP contribution is -2.42. The van der Waals surface area contributed by atoms with Crippen LogP contribution in [0.4, 0.5) is 8.78 Å². The Morgan fingerprint density at radius 1 is 1.36 bits per heavy atom. The second-order valence-electron chi connectivity index (χ2n) is 6.28. The molecule has 1 aromatic rings. The molecule has 2 rings (SSSR count). The third-order valence-corrected chi connectivity index (χ3v) is 6.08. The fourth-order valence-corrected chi connectivity index (χ4v) is 4.13. The molecule has 1 fully saturated rings. The second-order valence-corrected chi connectivity index (χ2v) is 8.22. The molecule has 1 aliphatic rings. The fraction of sp³-hybridized carbons (Fsp3) is 0.389. The molecule has 0 radical (unpaired) electrons. The van der Waals surface area contributed by atoms with E-state index >= 15 is 0 Å². The van der Waals surface area contributed by atoms with E-state index in [1.165, 1.54) is 31.5 Å². The van der Waals surface area contributed by atoms with Gasteiger partial charge in [-0.25, -0.2) is 22.2 Å². The van der Waals surface area contributed by atoms with Gasteiger partial charge in [0.2, 0.25) is 15.9 Å². The first-order valence-electron chi connectivity index (χ1n) is 8.55.